The molecule has 0 aliphatic carbocycles. The van der Waals surface area contributed by atoms with Crippen LogP contribution >= 0.6 is 0 Å². The Labute approximate surface area is 113 Å². The van der Waals surface area contributed by atoms with Gasteiger partial charge in [0.15, 0.2) is 0 Å². The minimum absolute atomic E-state index is 0.166. The predicted octanol–water partition coefficient (Wildman–Crippen LogP) is 3.80. The number of benzene rings is 1. The number of pyridine rings is 1. The van der Waals surface area contributed by atoms with E-state index in [1.165, 1.54) is 18.2 Å². The first-order valence-electron chi connectivity index (χ1n) is 5.76. The predicted molar refractivity (Wildman–Crippen MR) is 68.4 cm³/mol. The molecule has 0 amide bonds. The molecule has 0 unspecified atom stereocenters. The number of aromatic nitrogens is 1. The van der Waals surface area contributed by atoms with Gasteiger partial charge < -0.3 is 5.32 Å². The molecule has 0 fully saturated rings. The molecular formula is C14H10F3N3. The molecule has 102 valence electrons. The molecule has 3 nitrogen and oxygen atoms in total. The Morgan fingerprint density at radius 2 is 1.90 bits per heavy atom. The number of rotatable bonds is 3. The molecular weight excluding hydrogens is 267 g/mol. The first-order chi connectivity index (χ1) is 9.46. The Morgan fingerprint density at radius 3 is 2.60 bits per heavy atom. The van der Waals surface area contributed by atoms with E-state index in [9.17, 15) is 13.2 Å². The molecule has 1 aromatic heterocycles. The Balaban J connectivity index is 2.17. The molecule has 0 bridgehead atoms. The van der Waals surface area contributed by atoms with Gasteiger partial charge in [0.25, 0.3) is 0 Å². The summed E-state index contributed by atoms with van der Waals surface area (Å²) in [5.41, 5.74) is 0.898. The van der Waals surface area contributed by atoms with Gasteiger partial charge in [-0.3, -0.25) is 0 Å². The minimum atomic E-state index is -4.24. The van der Waals surface area contributed by atoms with Crippen molar-refractivity contribution >= 4 is 11.5 Å². The van der Waals surface area contributed by atoms with Gasteiger partial charge in [0.1, 0.15) is 17.6 Å². The van der Waals surface area contributed by atoms with E-state index in [2.05, 4.69) is 10.3 Å². The van der Waals surface area contributed by atoms with Crippen molar-refractivity contribution in [3.8, 4) is 6.07 Å². The van der Waals surface area contributed by atoms with Gasteiger partial charge in [0.2, 0.25) is 0 Å². The zero-order chi connectivity index (χ0) is 14.6. The quantitative estimate of drug-likeness (QED) is 0.928. The van der Waals surface area contributed by atoms with Gasteiger partial charge in [-0.2, -0.15) is 18.4 Å². The zero-order valence-electron chi connectivity index (χ0n) is 10.3. The maximum atomic E-state index is 12.3. The highest BCUT2D eigenvalue weighted by Crippen LogP contribution is 2.23. The smallest absolute Gasteiger partial charge is 0.340 e. The molecule has 0 saturated heterocycles. The van der Waals surface area contributed by atoms with Crippen LogP contribution in [0.25, 0.3) is 0 Å². The fraction of sp³-hybridized carbons (Fsp3) is 0.143. The van der Waals surface area contributed by atoms with E-state index >= 15 is 0 Å². The van der Waals surface area contributed by atoms with Crippen LogP contribution < -0.4 is 5.32 Å². The van der Waals surface area contributed by atoms with E-state index in [4.69, 9.17) is 5.26 Å². The van der Waals surface area contributed by atoms with Gasteiger partial charge in [-0.15, -0.1) is 0 Å². The standard InChI is InChI=1S/C14H10F3N3/c15-14(16,17)8-10-3-1-4-11(7-10)19-13-6-2-5-12(9-18)20-13/h1-7H,8H2,(H,19,20). The Morgan fingerprint density at radius 1 is 1.15 bits per heavy atom. The molecule has 20 heavy (non-hydrogen) atoms. The van der Waals surface area contributed by atoms with Crippen LogP contribution in [0, 0.1) is 11.3 Å². The minimum Gasteiger partial charge on any atom is -0.340 e. The van der Waals surface area contributed by atoms with Crippen molar-refractivity contribution < 1.29 is 13.2 Å². The van der Waals surface area contributed by atoms with Crippen molar-refractivity contribution in [2.75, 3.05) is 5.32 Å². The van der Waals surface area contributed by atoms with Crippen LogP contribution in [0.2, 0.25) is 0 Å². The number of hydrogen-bond donors (Lipinski definition) is 1. The van der Waals surface area contributed by atoms with E-state index in [-0.39, 0.29) is 11.3 Å². The van der Waals surface area contributed by atoms with Crippen LogP contribution in [0.3, 0.4) is 0 Å². The number of halogens is 3. The summed E-state index contributed by atoms with van der Waals surface area (Å²) in [4.78, 5) is 4.00. The average molecular weight is 277 g/mol. The van der Waals surface area contributed by atoms with E-state index in [0.717, 1.165) is 0 Å². The molecule has 2 aromatic rings. The lowest BCUT2D eigenvalue weighted by atomic mass is 10.1. The van der Waals surface area contributed by atoms with Gasteiger partial charge in [-0.1, -0.05) is 18.2 Å². The number of nitrogens with one attached hydrogen (secondary N) is 1. The van der Waals surface area contributed by atoms with Crippen molar-refractivity contribution in [2.24, 2.45) is 0 Å². The van der Waals surface area contributed by atoms with Crippen LogP contribution in [-0.4, -0.2) is 11.2 Å². The summed E-state index contributed by atoms with van der Waals surface area (Å²) in [6.07, 6.45) is -5.22. The molecule has 1 heterocycles. The second-order valence-electron chi connectivity index (χ2n) is 4.14. The first-order valence-corrected chi connectivity index (χ1v) is 5.76. The van der Waals surface area contributed by atoms with Gasteiger partial charge in [-0.05, 0) is 29.8 Å². The lowest BCUT2D eigenvalue weighted by Gasteiger charge is -2.09. The summed E-state index contributed by atoms with van der Waals surface area (Å²) in [5.74, 6) is 0.410. The van der Waals surface area contributed by atoms with Crippen molar-refractivity contribution in [2.45, 2.75) is 12.6 Å². The fourth-order valence-corrected chi connectivity index (χ4v) is 1.70. The number of alkyl halides is 3. The van der Waals surface area contributed by atoms with E-state index < -0.39 is 12.6 Å². The summed E-state index contributed by atoms with van der Waals surface area (Å²) in [7, 11) is 0. The molecule has 0 spiro atoms. The number of anilines is 2. The van der Waals surface area contributed by atoms with Crippen molar-refractivity contribution in [1.29, 1.82) is 5.26 Å². The van der Waals surface area contributed by atoms with Gasteiger partial charge >= 0.3 is 6.18 Å². The molecule has 1 aromatic carbocycles. The van der Waals surface area contributed by atoms with Crippen molar-refractivity contribution in [3.05, 3.63) is 53.7 Å². The molecule has 0 saturated carbocycles. The summed E-state index contributed by atoms with van der Waals surface area (Å²) in [6.45, 7) is 0. The largest absolute Gasteiger partial charge is 0.393 e. The number of nitrogens with zero attached hydrogens (tertiary/aromatic N) is 2. The normalized spacial score (nSPS) is 10.9. The Kier molecular flexibility index (Phi) is 3.89. The highest BCUT2D eigenvalue weighted by atomic mass is 19.4. The maximum Gasteiger partial charge on any atom is 0.393 e. The van der Waals surface area contributed by atoms with Gasteiger partial charge in [0, 0.05) is 5.69 Å². The van der Waals surface area contributed by atoms with Crippen LogP contribution in [-0.2, 0) is 6.42 Å². The average Bonchev–Trinajstić information content (AvgIpc) is 2.37. The van der Waals surface area contributed by atoms with Crippen molar-refractivity contribution in [3.63, 3.8) is 0 Å². The molecule has 0 radical (unpaired) electrons. The zero-order valence-corrected chi connectivity index (χ0v) is 10.3. The Bertz CT molecular complexity index is 645. The van der Waals surface area contributed by atoms with Crippen LogP contribution in [0.15, 0.2) is 42.5 Å². The van der Waals surface area contributed by atoms with Crippen molar-refractivity contribution in [1.82, 2.24) is 4.98 Å². The first kappa shape index (κ1) is 13.9. The molecule has 0 atom stereocenters. The summed E-state index contributed by atoms with van der Waals surface area (Å²) in [5, 5.41) is 11.6. The number of nitriles is 1. The summed E-state index contributed by atoms with van der Waals surface area (Å²) in [6, 6.07) is 12.7. The lowest BCUT2D eigenvalue weighted by Crippen LogP contribution is -2.11. The maximum absolute atomic E-state index is 12.3. The lowest BCUT2D eigenvalue weighted by molar-refractivity contribution is -0.127. The van der Waals surface area contributed by atoms with E-state index in [1.54, 1.807) is 24.3 Å². The second kappa shape index (κ2) is 5.61. The van der Waals surface area contributed by atoms with E-state index in [1.807, 2.05) is 6.07 Å². The highest BCUT2D eigenvalue weighted by molar-refractivity contribution is 5.57. The highest BCUT2D eigenvalue weighted by Gasteiger charge is 2.27. The number of hydrogen-bond acceptors (Lipinski definition) is 3. The fourth-order valence-electron chi connectivity index (χ4n) is 1.70. The molecule has 0 aliphatic heterocycles. The third kappa shape index (κ3) is 3.99. The molecule has 1 N–H and O–H groups in total. The van der Waals surface area contributed by atoms with Crippen LogP contribution in [0.4, 0.5) is 24.7 Å². The SMILES string of the molecule is N#Cc1cccc(Nc2cccc(CC(F)(F)F)c2)n1. The second-order valence-corrected chi connectivity index (χ2v) is 4.14. The summed E-state index contributed by atoms with van der Waals surface area (Å²) < 4.78 is 37.0. The third-order valence-corrected chi connectivity index (χ3v) is 2.47. The van der Waals surface area contributed by atoms with Gasteiger partial charge in [-0.25, -0.2) is 4.98 Å². The van der Waals surface area contributed by atoms with Gasteiger partial charge in [0.05, 0.1) is 6.42 Å². The molecule has 2 rings (SSSR count). The monoisotopic (exact) mass is 277 g/mol. The topological polar surface area (TPSA) is 48.7 Å². The van der Waals surface area contributed by atoms with Crippen LogP contribution in [0.1, 0.15) is 11.3 Å². The van der Waals surface area contributed by atoms with Crippen LogP contribution in [0.5, 0.6) is 0 Å². The van der Waals surface area contributed by atoms with E-state index in [0.29, 0.717) is 11.5 Å². The Hall–Kier alpha value is -2.55. The molecule has 0 aliphatic rings. The molecule has 6 heteroatoms. The summed E-state index contributed by atoms with van der Waals surface area (Å²) >= 11 is 0. The third-order valence-electron chi connectivity index (χ3n) is 2.47.